The second kappa shape index (κ2) is 5.43. The molecule has 1 fully saturated rings. The first-order valence-corrected chi connectivity index (χ1v) is 6.52. The van der Waals surface area contributed by atoms with E-state index in [2.05, 4.69) is 17.4 Å². The molecule has 1 saturated heterocycles. The van der Waals surface area contributed by atoms with Gasteiger partial charge in [-0.25, -0.2) is 0 Å². The van der Waals surface area contributed by atoms with Crippen molar-refractivity contribution in [3.05, 3.63) is 65.7 Å². The summed E-state index contributed by atoms with van der Waals surface area (Å²) in [6.45, 7) is 0.661. The molecular weight excluding hydrogens is 238 g/mol. The van der Waals surface area contributed by atoms with E-state index >= 15 is 0 Å². The number of hydrogen-bond donors (Lipinski definition) is 2. The maximum Gasteiger partial charge on any atom is 0.138 e. The van der Waals surface area contributed by atoms with Gasteiger partial charge >= 0.3 is 0 Å². The van der Waals surface area contributed by atoms with E-state index in [1.54, 1.807) is 6.07 Å². The highest BCUT2D eigenvalue weighted by Crippen LogP contribution is 2.28. The zero-order chi connectivity index (χ0) is 13.1. The minimum absolute atomic E-state index is 0.213. The Morgan fingerprint density at radius 3 is 2.58 bits per heavy atom. The van der Waals surface area contributed by atoms with Crippen LogP contribution in [0.4, 0.5) is 0 Å². The third kappa shape index (κ3) is 2.78. The Morgan fingerprint density at radius 1 is 1.05 bits per heavy atom. The quantitative estimate of drug-likeness (QED) is 0.886. The van der Waals surface area contributed by atoms with Crippen LogP contribution in [-0.4, -0.2) is 17.8 Å². The number of para-hydroxylation sites is 1. The first-order chi connectivity index (χ1) is 9.33. The SMILES string of the molecule is Oc1ccccc1C1NC(Cc2ccccc2)CO1. The number of aromatic hydroxyl groups is 1. The number of hydrogen-bond acceptors (Lipinski definition) is 3. The van der Waals surface area contributed by atoms with E-state index < -0.39 is 0 Å². The molecule has 1 aliphatic heterocycles. The van der Waals surface area contributed by atoms with Gasteiger partial charge in [0.2, 0.25) is 0 Å². The fourth-order valence-electron chi connectivity index (χ4n) is 2.43. The summed E-state index contributed by atoms with van der Waals surface area (Å²) in [7, 11) is 0. The van der Waals surface area contributed by atoms with Gasteiger partial charge in [0.25, 0.3) is 0 Å². The third-order valence-electron chi connectivity index (χ3n) is 3.40. The first kappa shape index (κ1) is 12.2. The lowest BCUT2D eigenvalue weighted by atomic mass is 10.1. The lowest BCUT2D eigenvalue weighted by molar-refractivity contribution is 0.0985. The smallest absolute Gasteiger partial charge is 0.138 e. The van der Waals surface area contributed by atoms with E-state index in [4.69, 9.17) is 4.74 Å². The number of phenolic OH excluding ortho intramolecular Hbond substituents is 1. The molecule has 1 heterocycles. The second-order valence-electron chi connectivity index (χ2n) is 4.83. The number of phenols is 1. The molecule has 0 aromatic heterocycles. The average Bonchev–Trinajstić information content (AvgIpc) is 2.89. The Kier molecular flexibility index (Phi) is 3.49. The number of benzene rings is 2. The van der Waals surface area contributed by atoms with Crippen LogP contribution in [0.3, 0.4) is 0 Å². The van der Waals surface area contributed by atoms with Crippen LogP contribution < -0.4 is 5.32 Å². The molecule has 2 aromatic carbocycles. The van der Waals surface area contributed by atoms with Gasteiger partial charge in [0.15, 0.2) is 0 Å². The van der Waals surface area contributed by atoms with Crippen molar-refractivity contribution in [3.63, 3.8) is 0 Å². The van der Waals surface area contributed by atoms with Crippen molar-refractivity contribution < 1.29 is 9.84 Å². The lowest BCUT2D eigenvalue weighted by Crippen LogP contribution is -2.27. The summed E-state index contributed by atoms with van der Waals surface area (Å²) in [6, 6.07) is 17.9. The molecule has 0 amide bonds. The van der Waals surface area contributed by atoms with Crippen LogP contribution in [0, 0.1) is 0 Å². The zero-order valence-electron chi connectivity index (χ0n) is 10.6. The number of nitrogens with one attached hydrogen (secondary N) is 1. The normalized spacial score (nSPS) is 22.5. The summed E-state index contributed by atoms with van der Waals surface area (Å²) < 4.78 is 5.73. The minimum Gasteiger partial charge on any atom is -0.508 e. The van der Waals surface area contributed by atoms with Crippen molar-refractivity contribution in [3.8, 4) is 5.75 Å². The largest absolute Gasteiger partial charge is 0.508 e. The van der Waals surface area contributed by atoms with Crippen LogP contribution in [-0.2, 0) is 11.2 Å². The molecule has 0 saturated carbocycles. The van der Waals surface area contributed by atoms with Crippen molar-refractivity contribution in [1.29, 1.82) is 0 Å². The molecule has 98 valence electrons. The van der Waals surface area contributed by atoms with Gasteiger partial charge < -0.3 is 9.84 Å². The fraction of sp³-hybridized carbons (Fsp3) is 0.250. The Balaban J connectivity index is 1.66. The first-order valence-electron chi connectivity index (χ1n) is 6.52. The van der Waals surface area contributed by atoms with Gasteiger partial charge in [-0.3, -0.25) is 5.32 Å². The topological polar surface area (TPSA) is 41.5 Å². The summed E-state index contributed by atoms with van der Waals surface area (Å²) >= 11 is 0. The molecule has 19 heavy (non-hydrogen) atoms. The second-order valence-corrected chi connectivity index (χ2v) is 4.83. The van der Waals surface area contributed by atoms with Crippen LogP contribution in [0.1, 0.15) is 17.4 Å². The molecule has 0 bridgehead atoms. The summed E-state index contributed by atoms with van der Waals surface area (Å²) in [5, 5.41) is 13.2. The summed E-state index contributed by atoms with van der Waals surface area (Å²) in [6.07, 6.45) is 0.722. The molecule has 0 aliphatic carbocycles. The van der Waals surface area contributed by atoms with Gasteiger partial charge in [-0.1, -0.05) is 48.5 Å². The van der Waals surface area contributed by atoms with Crippen molar-refractivity contribution in [2.75, 3.05) is 6.61 Å². The van der Waals surface area contributed by atoms with Crippen LogP contribution in [0.2, 0.25) is 0 Å². The van der Waals surface area contributed by atoms with E-state index in [1.807, 2.05) is 36.4 Å². The standard InChI is InChI=1S/C16H17NO2/c18-15-9-5-4-8-14(15)16-17-13(11-19-16)10-12-6-2-1-3-7-12/h1-9,13,16-18H,10-11H2. The highest BCUT2D eigenvalue weighted by molar-refractivity contribution is 5.34. The van der Waals surface area contributed by atoms with E-state index in [1.165, 1.54) is 5.56 Å². The summed E-state index contributed by atoms with van der Waals surface area (Å²) in [5.41, 5.74) is 2.10. The highest BCUT2D eigenvalue weighted by Gasteiger charge is 2.27. The summed E-state index contributed by atoms with van der Waals surface area (Å²) in [4.78, 5) is 0. The molecule has 1 aliphatic rings. The van der Waals surface area contributed by atoms with Gasteiger partial charge in [0.1, 0.15) is 12.0 Å². The predicted molar refractivity (Wildman–Crippen MR) is 73.9 cm³/mol. The molecule has 2 atom stereocenters. The van der Waals surface area contributed by atoms with Gasteiger partial charge in [0, 0.05) is 11.6 Å². The fourth-order valence-corrected chi connectivity index (χ4v) is 2.43. The van der Waals surface area contributed by atoms with Crippen molar-refractivity contribution in [2.45, 2.75) is 18.7 Å². The molecule has 3 rings (SSSR count). The molecule has 0 spiro atoms. The Morgan fingerprint density at radius 2 is 1.79 bits per heavy atom. The molecule has 2 unspecified atom stereocenters. The summed E-state index contributed by atoms with van der Waals surface area (Å²) in [5.74, 6) is 0.278. The van der Waals surface area contributed by atoms with E-state index in [0.29, 0.717) is 6.61 Å². The maximum atomic E-state index is 9.83. The Bertz CT molecular complexity index is 541. The molecule has 2 aromatic rings. The van der Waals surface area contributed by atoms with Gasteiger partial charge in [-0.05, 0) is 18.1 Å². The molecule has 2 N–H and O–H groups in total. The van der Waals surface area contributed by atoms with Gasteiger partial charge in [-0.2, -0.15) is 0 Å². The van der Waals surface area contributed by atoms with E-state index in [-0.39, 0.29) is 18.0 Å². The van der Waals surface area contributed by atoms with Crippen LogP contribution >= 0.6 is 0 Å². The van der Waals surface area contributed by atoms with E-state index in [9.17, 15) is 5.11 Å². The minimum atomic E-state index is -0.213. The Labute approximate surface area is 112 Å². The van der Waals surface area contributed by atoms with Gasteiger partial charge in [-0.15, -0.1) is 0 Å². The van der Waals surface area contributed by atoms with E-state index in [0.717, 1.165) is 12.0 Å². The molecular formula is C16H17NO2. The monoisotopic (exact) mass is 255 g/mol. The molecule has 0 radical (unpaired) electrons. The zero-order valence-corrected chi connectivity index (χ0v) is 10.6. The molecule has 3 heteroatoms. The van der Waals surface area contributed by atoms with Crippen molar-refractivity contribution >= 4 is 0 Å². The third-order valence-corrected chi connectivity index (χ3v) is 3.40. The number of ether oxygens (including phenoxy) is 1. The average molecular weight is 255 g/mol. The van der Waals surface area contributed by atoms with Crippen LogP contribution in [0.5, 0.6) is 5.75 Å². The number of rotatable bonds is 3. The molecule has 3 nitrogen and oxygen atoms in total. The predicted octanol–water partition coefficient (Wildman–Crippen LogP) is 2.62. The highest BCUT2D eigenvalue weighted by atomic mass is 16.5. The van der Waals surface area contributed by atoms with Crippen molar-refractivity contribution in [1.82, 2.24) is 5.32 Å². The van der Waals surface area contributed by atoms with Gasteiger partial charge in [0.05, 0.1) is 6.61 Å². The van der Waals surface area contributed by atoms with Crippen LogP contribution in [0.25, 0.3) is 0 Å². The van der Waals surface area contributed by atoms with Crippen molar-refractivity contribution in [2.24, 2.45) is 0 Å². The maximum absolute atomic E-state index is 9.83. The van der Waals surface area contributed by atoms with Crippen LogP contribution in [0.15, 0.2) is 54.6 Å². The Hall–Kier alpha value is -1.84. The lowest BCUT2D eigenvalue weighted by Gasteiger charge is -2.13.